The van der Waals surface area contributed by atoms with Gasteiger partial charge >= 0.3 is 0 Å². The maximum Gasteiger partial charge on any atom is 0.223 e. The molecule has 2 heterocycles. The molecule has 4 aromatic rings. The maximum absolute atomic E-state index is 6.25. The molecular weight excluding hydrogens is 382 g/mol. The minimum atomic E-state index is -0.346. The maximum atomic E-state index is 6.25. The van der Waals surface area contributed by atoms with Gasteiger partial charge in [-0.2, -0.15) is 0 Å². The molecule has 0 amide bonds. The fourth-order valence-corrected chi connectivity index (χ4v) is 3.76. The number of benzene rings is 2. The van der Waals surface area contributed by atoms with Gasteiger partial charge in [-0.1, -0.05) is 36.4 Å². The molecule has 0 saturated carbocycles. The number of nitrogens with one attached hydrogen (secondary N) is 1. The highest BCUT2D eigenvalue weighted by atomic mass is 15.1. The van der Waals surface area contributed by atoms with Crippen LogP contribution in [0.1, 0.15) is 37.5 Å². The minimum Gasteiger partial charge on any atom is -0.351 e. The van der Waals surface area contributed by atoms with Gasteiger partial charge in [-0.3, -0.25) is 4.98 Å². The Balaban J connectivity index is 1.50. The molecule has 0 aliphatic rings. The Morgan fingerprint density at radius 2 is 1.87 bits per heavy atom. The van der Waals surface area contributed by atoms with Crippen molar-refractivity contribution < 1.29 is 0 Å². The van der Waals surface area contributed by atoms with Crippen molar-refractivity contribution in [3.8, 4) is 11.3 Å². The van der Waals surface area contributed by atoms with Crippen molar-refractivity contribution in [2.45, 2.75) is 45.7 Å². The highest BCUT2D eigenvalue weighted by molar-refractivity contribution is 5.84. The van der Waals surface area contributed by atoms with Crippen molar-refractivity contribution in [2.75, 3.05) is 5.32 Å². The lowest BCUT2D eigenvalue weighted by atomic mass is 9.93. The molecule has 2 aromatic carbocycles. The standard InChI is InChI=1S/C26H29N5/c1-17-7-6-12-28-24(17)20-10-11-23-21(15-20)16-29-25(31-23)30-18(2)13-19-8-5-9-22(14-19)26(3,4)27/h5-12,14-16,18H,13,27H2,1-4H3,(H,29,30,31). The van der Waals surface area contributed by atoms with Crippen LogP contribution >= 0.6 is 0 Å². The van der Waals surface area contributed by atoms with Crippen LogP contribution in [0.4, 0.5) is 5.95 Å². The van der Waals surface area contributed by atoms with Gasteiger partial charge in [-0.05, 0) is 69.0 Å². The number of pyridine rings is 1. The smallest absolute Gasteiger partial charge is 0.223 e. The number of anilines is 1. The zero-order chi connectivity index (χ0) is 22.0. The second-order valence-electron chi connectivity index (χ2n) is 8.81. The van der Waals surface area contributed by atoms with E-state index in [9.17, 15) is 0 Å². The molecule has 0 radical (unpaired) electrons. The van der Waals surface area contributed by atoms with Crippen molar-refractivity contribution in [3.05, 3.63) is 83.7 Å². The molecule has 3 N–H and O–H groups in total. The van der Waals surface area contributed by atoms with Gasteiger partial charge < -0.3 is 11.1 Å². The Bertz CT molecular complexity index is 1210. The Hall–Kier alpha value is -3.31. The van der Waals surface area contributed by atoms with Gasteiger partial charge in [0.1, 0.15) is 0 Å². The molecule has 1 atom stereocenters. The number of nitrogens with zero attached hydrogens (tertiary/aromatic N) is 3. The summed E-state index contributed by atoms with van der Waals surface area (Å²) < 4.78 is 0. The molecule has 1 unspecified atom stereocenters. The number of aryl methyl sites for hydroxylation is 1. The predicted octanol–water partition coefficient (Wildman–Crippen LogP) is 5.24. The van der Waals surface area contributed by atoms with Crippen LogP contribution in [0.2, 0.25) is 0 Å². The summed E-state index contributed by atoms with van der Waals surface area (Å²) in [7, 11) is 0. The topological polar surface area (TPSA) is 76.7 Å². The van der Waals surface area contributed by atoms with Crippen LogP contribution in [0.25, 0.3) is 22.2 Å². The third kappa shape index (κ3) is 4.89. The first-order chi connectivity index (χ1) is 14.8. The van der Waals surface area contributed by atoms with E-state index in [1.807, 2.05) is 38.4 Å². The Kier molecular flexibility index (Phi) is 5.70. The van der Waals surface area contributed by atoms with Crippen LogP contribution in [0.15, 0.2) is 67.0 Å². The quantitative estimate of drug-likeness (QED) is 0.454. The molecule has 5 heteroatoms. The molecule has 158 valence electrons. The van der Waals surface area contributed by atoms with Crippen molar-refractivity contribution in [3.63, 3.8) is 0 Å². The van der Waals surface area contributed by atoms with Crippen molar-refractivity contribution >= 4 is 16.9 Å². The van der Waals surface area contributed by atoms with E-state index < -0.39 is 0 Å². The molecule has 5 nitrogen and oxygen atoms in total. The van der Waals surface area contributed by atoms with Gasteiger partial charge in [-0.15, -0.1) is 0 Å². The summed E-state index contributed by atoms with van der Waals surface area (Å²) in [4.78, 5) is 13.8. The van der Waals surface area contributed by atoms with Crippen molar-refractivity contribution in [1.82, 2.24) is 15.0 Å². The molecule has 0 fully saturated rings. The SMILES string of the molecule is Cc1cccnc1-c1ccc2nc(NC(C)Cc3cccc(C(C)(C)N)c3)ncc2c1. The Morgan fingerprint density at radius 1 is 1.03 bits per heavy atom. The van der Waals surface area contributed by atoms with E-state index >= 15 is 0 Å². The molecule has 0 aliphatic carbocycles. The van der Waals surface area contributed by atoms with E-state index in [1.165, 1.54) is 5.56 Å². The minimum absolute atomic E-state index is 0.184. The summed E-state index contributed by atoms with van der Waals surface area (Å²) in [6.07, 6.45) is 4.56. The van der Waals surface area contributed by atoms with Crippen LogP contribution in [0.5, 0.6) is 0 Å². The second-order valence-corrected chi connectivity index (χ2v) is 8.81. The van der Waals surface area contributed by atoms with Crippen LogP contribution in [0, 0.1) is 6.92 Å². The van der Waals surface area contributed by atoms with Crippen LogP contribution in [-0.4, -0.2) is 21.0 Å². The van der Waals surface area contributed by atoms with E-state index in [2.05, 4.69) is 71.6 Å². The number of aromatic nitrogens is 3. The molecule has 0 aliphatic heterocycles. The fourth-order valence-electron chi connectivity index (χ4n) is 3.76. The van der Waals surface area contributed by atoms with E-state index in [0.717, 1.165) is 39.7 Å². The third-order valence-corrected chi connectivity index (χ3v) is 5.45. The molecule has 2 aromatic heterocycles. The van der Waals surface area contributed by atoms with E-state index in [4.69, 9.17) is 10.7 Å². The van der Waals surface area contributed by atoms with Gasteiger partial charge in [0.2, 0.25) is 5.95 Å². The van der Waals surface area contributed by atoms with E-state index in [1.54, 1.807) is 0 Å². The van der Waals surface area contributed by atoms with Crippen molar-refractivity contribution in [1.29, 1.82) is 0 Å². The molecular formula is C26H29N5. The van der Waals surface area contributed by atoms with Gasteiger partial charge in [-0.25, -0.2) is 9.97 Å². The summed E-state index contributed by atoms with van der Waals surface area (Å²) in [6.45, 7) is 8.26. The van der Waals surface area contributed by atoms with Crippen LogP contribution in [-0.2, 0) is 12.0 Å². The van der Waals surface area contributed by atoms with E-state index in [0.29, 0.717) is 5.95 Å². The summed E-state index contributed by atoms with van der Waals surface area (Å²) in [5.74, 6) is 0.636. The van der Waals surface area contributed by atoms with E-state index in [-0.39, 0.29) is 11.6 Å². The fraction of sp³-hybridized carbons (Fsp3) is 0.269. The molecule has 31 heavy (non-hydrogen) atoms. The normalized spacial score (nSPS) is 12.7. The first-order valence-electron chi connectivity index (χ1n) is 10.6. The van der Waals surface area contributed by atoms with Gasteiger partial charge in [0.15, 0.2) is 0 Å². The Morgan fingerprint density at radius 3 is 2.65 bits per heavy atom. The van der Waals surface area contributed by atoms with Crippen LogP contribution in [0.3, 0.4) is 0 Å². The molecule has 0 spiro atoms. The van der Waals surface area contributed by atoms with Gasteiger partial charge in [0.25, 0.3) is 0 Å². The molecule has 0 bridgehead atoms. The molecule has 0 saturated heterocycles. The highest BCUT2D eigenvalue weighted by Gasteiger charge is 2.15. The zero-order valence-corrected chi connectivity index (χ0v) is 18.6. The number of hydrogen-bond acceptors (Lipinski definition) is 5. The summed E-state index contributed by atoms with van der Waals surface area (Å²) in [5, 5.41) is 4.43. The predicted molar refractivity (Wildman–Crippen MR) is 128 cm³/mol. The van der Waals surface area contributed by atoms with Crippen molar-refractivity contribution in [2.24, 2.45) is 5.73 Å². The average molecular weight is 412 g/mol. The summed E-state index contributed by atoms with van der Waals surface area (Å²) >= 11 is 0. The number of hydrogen-bond donors (Lipinski definition) is 2. The average Bonchev–Trinajstić information content (AvgIpc) is 2.73. The molecule has 4 rings (SSSR count). The first-order valence-corrected chi connectivity index (χ1v) is 10.6. The lowest BCUT2D eigenvalue weighted by Gasteiger charge is -2.21. The Labute approximate surface area is 183 Å². The second kappa shape index (κ2) is 8.44. The lowest BCUT2D eigenvalue weighted by Crippen LogP contribution is -2.29. The van der Waals surface area contributed by atoms with Crippen LogP contribution < -0.4 is 11.1 Å². The summed E-state index contributed by atoms with van der Waals surface area (Å²) in [6, 6.07) is 18.9. The van der Waals surface area contributed by atoms with Gasteiger partial charge in [0, 0.05) is 34.9 Å². The monoisotopic (exact) mass is 411 g/mol. The largest absolute Gasteiger partial charge is 0.351 e. The van der Waals surface area contributed by atoms with Gasteiger partial charge in [0.05, 0.1) is 11.2 Å². The first kappa shape index (κ1) is 20.9. The lowest BCUT2D eigenvalue weighted by molar-refractivity contribution is 0.553. The zero-order valence-electron chi connectivity index (χ0n) is 18.6. The summed E-state index contributed by atoms with van der Waals surface area (Å²) in [5.41, 5.74) is 12.4. The number of fused-ring (bicyclic) bond motifs is 1. The number of nitrogens with two attached hydrogens (primary N) is 1. The highest BCUT2D eigenvalue weighted by Crippen LogP contribution is 2.25. The third-order valence-electron chi connectivity index (χ3n) is 5.45. The number of rotatable bonds is 6.